The van der Waals surface area contributed by atoms with E-state index in [2.05, 4.69) is 19.9 Å². The van der Waals surface area contributed by atoms with Gasteiger partial charge in [-0.2, -0.15) is 0 Å². The number of para-hydroxylation sites is 1. The molecule has 0 spiro atoms. The molecule has 0 amide bonds. The van der Waals surface area contributed by atoms with Gasteiger partial charge in [0, 0.05) is 18.0 Å². The second-order valence-electron chi connectivity index (χ2n) is 4.28. The van der Waals surface area contributed by atoms with E-state index in [0.717, 1.165) is 17.7 Å². The maximum absolute atomic E-state index is 6.09. The number of rotatable bonds is 1. The fourth-order valence-corrected chi connectivity index (χ4v) is 1.89. The minimum atomic E-state index is 0.132. The SMILES string of the molecule is CC(C)[C@@H]1C[C@@H](N)c2ccccc2O1. The van der Waals surface area contributed by atoms with Gasteiger partial charge in [0.15, 0.2) is 0 Å². The molecule has 0 aromatic heterocycles. The van der Waals surface area contributed by atoms with Crippen molar-refractivity contribution in [3.8, 4) is 5.75 Å². The maximum Gasteiger partial charge on any atom is 0.124 e. The molecular weight excluding hydrogens is 174 g/mol. The first-order chi connectivity index (χ1) is 6.68. The summed E-state index contributed by atoms with van der Waals surface area (Å²) in [5, 5.41) is 0. The van der Waals surface area contributed by atoms with Crippen molar-refractivity contribution in [2.45, 2.75) is 32.4 Å². The molecule has 2 atom stereocenters. The van der Waals surface area contributed by atoms with Crippen molar-refractivity contribution in [1.29, 1.82) is 0 Å². The molecule has 0 fully saturated rings. The fourth-order valence-electron chi connectivity index (χ4n) is 1.89. The first-order valence-electron chi connectivity index (χ1n) is 5.19. The van der Waals surface area contributed by atoms with Crippen molar-refractivity contribution in [2.75, 3.05) is 0 Å². The van der Waals surface area contributed by atoms with Gasteiger partial charge in [-0.3, -0.25) is 0 Å². The van der Waals surface area contributed by atoms with Crippen LogP contribution in [-0.4, -0.2) is 6.10 Å². The van der Waals surface area contributed by atoms with E-state index in [0.29, 0.717) is 5.92 Å². The van der Waals surface area contributed by atoms with E-state index >= 15 is 0 Å². The molecule has 1 aromatic carbocycles. The van der Waals surface area contributed by atoms with Gasteiger partial charge in [-0.25, -0.2) is 0 Å². The lowest BCUT2D eigenvalue weighted by Crippen LogP contribution is -2.33. The highest BCUT2D eigenvalue weighted by molar-refractivity contribution is 5.37. The van der Waals surface area contributed by atoms with Crippen LogP contribution in [0.3, 0.4) is 0 Å². The number of hydrogen-bond donors (Lipinski definition) is 1. The molecule has 2 heteroatoms. The lowest BCUT2D eigenvalue weighted by Gasteiger charge is -2.32. The van der Waals surface area contributed by atoms with E-state index in [-0.39, 0.29) is 12.1 Å². The summed E-state index contributed by atoms with van der Waals surface area (Å²) in [7, 11) is 0. The summed E-state index contributed by atoms with van der Waals surface area (Å²) in [5.74, 6) is 1.49. The van der Waals surface area contributed by atoms with Crippen LogP contribution in [0.1, 0.15) is 31.9 Å². The number of benzene rings is 1. The Kier molecular flexibility index (Phi) is 2.46. The molecule has 0 aliphatic carbocycles. The molecule has 1 aliphatic heterocycles. The van der Waals surface area contributed by atoms with Crippen molar-refractivity contribution in [3.63, 3.8) is 0 Å². The van der Waals surface area contributed by atoms with Crippen LogP contribution in [0.2, 0.25) is 0 Å². The van der Waals surface area contributed by atoms with Gasteiger partial charge in [-0.15, -0.1) is 0 Å². The van der Waals surface area contributed by atoms with Gasteiger partial charge in [0.25, 0.3) is 0 Å². The zero-order valence-electron chi connectivity index (χ0n) is 8.73. The molecular formula is C12H17NO. The summed E-state index contributed by atoms with van der Waals surface area (Å²) < 4.78 is 5.88. The highest BCUT2D eigenvalue weighted by Crippen LogP contribution is 2.34. The normalized spacial score (nSPS) is 25.7. The molecule has 0 saturated heterocycles. The van der Waals surface area contributed by atoms with Crippen molar-refractivity contribution in [2.24, 2.45) is 11.7 Å². The molecule has 0 saturated carbocycles. The quantitative estimate of drug-likeness (QED) is 0.740. The third kappa shape index (κ3) is 1.62. The smallest absolute Gasteiger partial charge is 0.124 e. The standard InChI is InChI=1S/C12H17NO/c1-8(2)12-7-10(13)9-5-3-4-6-11(9)14-12/h3-6,8,10,12H,7,13H2,1-2H3/t10-,12+/m1/s1. The van der Waals surface area contributed by atoms with E-state index in [1.165, 1.54) is 0 Å². The Morgan fingerprint density at radius 2 is 2.07 bits per heavy atom. The predicted molar refractivity (Wildman–Crippen MR) is 57.2 cm³/mol. The minimum Gasteiger partial charge on any atom is -0.490 e. The monoisotopic (exact) mass is 191 g/mol. The van der Waals surface area contributed by atoms with Gasteiger partial charge < -0.3 is 10.5 Å². The molecule has 0 bridgehead atoms. The van der Waals surface area contributed by atoms with Crippen LogP contribution in [0.4, 0.5) is 0 Å². The van der Waals surface area contributed by atoms with Gasteiger partial charge in [0.1, 0.15) is 11.9 Å². The molecule has 2 nitrogen and oxygen atoms in total. The highest BCUT2D eigenvalue weighted by Gasteiger charge is 2.27. The number of nitrogens with two attached hydrogens (primary N) is 1. The average Bonchev–Trinajstić information content (AvgIpc) is 2.17. The lowest BCUT2D eigenvalue weighted by molar-refractivity contribution is 0.115. The van der Waals surface area contributed by atoms with Crippen LogP contribution in [0.25, 0.3) is 0 Å². The number of hydrogen-bond acceptors (Lipinski definition) is 2. The summed E-state index contributed by atoms with van der Waals surface area (Å²) in [6, 6.07) is 8.19. The Hall–Kier alpha value is -1.02. The van der Waals surface area contributed by atoms with Crippen molar-refractivity contribution in [3.05, 3.63) is 29.8 Å². The molecule has 0 radical (unpaired) electrons. The van der Waals surface area contributed by atoms with E-state index < -0.39 is 0 Å². The summed E-state index contributed by atoms with van der Waals surface area (Å²) in [6.07, 6.45) is 1.19. The third-order valence-electron chi connectivity index (χ3n) is 2.83. The zero-order valence-corrected chi connectivity index (χ0v) is 8.73. The van der Waals surface area contributed by atoms with Crippen molar-refractivity contribution >= 4 is 0 Å². The largest absolute Gasteiger partial charge is 0.490 e. The van der Waals surface area contributed by atoms with Crippen molar-refractivity contribution in [1.82, 2.24) is 0 Å². The van der Waals surface area contributed by atoms with Crippen LogP contribution in [0.15, 0.2) is 24.3 Å². The molecule has 1 heterocycles. The highest BCUT2D eigenvalue weighted by atomic mass is 16.5. The van der Waals surface area contributed by atoms with Crippen LogP contribution < -0.4 is 10.5 Å². The summed E-state index contributed by atoms with van der Waals surface area (Å²) in [6.45, 7) is 4.34. The maximum atomic E-state index is 6.09. The van der Waals surface area contributed by atoms with Crippen LogP contribution >= 0.6 is 0 Å². The first-order valence-corrected chi connectivity index (χ1v) is 5.19. The second kappa shape index (κ2) is 3.62. The number of ether oxygens (including phenoxy) is 1. The molecule has 2 N–H and O–H groups in total. The van der Waals surface area contributed by atoms with Gasteiger partial charge in [0.2, 0.25) is 0 Å². The van der Waals surface area contributed by atoms with Crippen LogP contribution in [-0.2, 0) is 0 Å². The van der Waals surface area contributed by atoms with Gasteiger partial charge in [0.05, 0.1) is 0 Å². The van der Waals surface area contributed by atoms with Gasteiger partial charge in [-0.1, -0.05) is 32.0 Å². The van der Waals surface area contributed by atoms with E-state index in [1.807, 2.05) is 18.2 Å². The molecule has 14 heavy (non-hydrogen) atoms. The fraction of sp³-hybridized carbons (Fsp3) is 0.500. The van der Waals surface area contributed by atoms with E-state index in [9.17, 15) is 0 Å². The average molecular weight is 191 g/mol. The Bertz CT molecular complexity index is 322. The molecule has 1 aromatic rings. The lowest BCUT2D eigenvalue weighted by atomic mass is 9.92. The second-order valence-corrected chi connectivity index (χ2v) is 4.28. The third-order valence-corrected chi connectivity index (χ3v) is 2.83. The minimum absolute atomic E-state index is 0.132. The van der Waals surface area contributed by atoms with E-state index in [1.54, 1.807) is 0 Å². The molecule has 0 unspecified atom stereocenters. The van der Waals surface area contributed by atoms with Crippen LogP contribution in [0.5, 0.6) is 5.75 Å². The Morgan fingerprint density at radius 1 is 1.36 bits per heavy atom. The summed E-state index contributed by atoms with van der Waals surface area (Å²) >= 11 is 0. The Balaban J connectivity index is 2.29. The Labute approximate surface area is 85.1 Å². The molecule has 2 rings (SSSR count). The summed E-state index contributed by atoms with van der Waals surface area (Å²) in [4.78, 5) is 0. The predicted octanol–water partition coefficient (Wildman–Crippen LogP) is 2.49. The molecule has 1 aliphatic rings. The van der Waals surface area contributed by atoms with Crippen LogP contribution in [0, 0.1) is 5.92 Å². The number of fused-ring (bicyclic) bond motifs is 1. The Morgan fingerprint density at radius 3 is 2.79 bits per heavy atom. The topological polar surface area (TPSA) is 35.2 Å². The zero-order chi connectivity index (χ0) is 10.1. The van der Waals surface area contributed by atoms with Crippen molar-refractivity contribution < 1.29 is 4.74 Å². The van der Waals surface area contributed by atoms with Gasteiger partial charge >= 0.3 is 0 Å². The van der Waals surface area contributed by atoms with Gasteiger partial charge in [-0.05, 0) is 12.0 Å². The van der Waals surface area contributed by atoms with E-state index in [4.69, 9.17) is 10.5 Å². The summed E-state index contributed by atoms with van der Waals surface area (Å²) in [5.41, 5.74) is 7.24. The molecule has 76 valence electrons. The first kappa shape index (κ1) is 9.53.